The molecule has 0 aliphatic carbocycles. The average Bonchev–Trinajstić information content (AvgIpc) is 2.73. The Morgan fingerprint density at radius 2 is 2.38 bits per heavy atom. The maximum Gasteiger partial charge on any atom is 0.305 e. The first-order chi connectivity index (χ1) is 7.68. The summed E-state index contributed by atoms with van der Waals surface area (Å²) in [5.74, 6) is 0.0596. The predicted molar refractivity (Wildman–Crippen MR) is 65.1 cm³/mol. The van der Waals surface area contributed by atoms with Crippen molar-refractivity contribution in [2.75, 3.05) is 18.5 Å². The molecule has 2 aromatic rings. The molecule has 4 nitrogen and oxygen atoms in total. The predicted octanol–water partition coefficient (Wildman–Crippen LogP) is 2.21. The molecule has 0 saturated carbocycles. The number of anilines is 1. The van der Waals surface area contributed by atoms with E-state index in [1.54, 1.807) is 17.5 Å². The molecule has 0 radical (unpaired) electrons. The number of thiophene rings is 1. The smallest absolute Gasteiger partial charge is 0.305 e. The molecule has 0 amide bonds. The summed E-state index contributed by atoms with van der Waals surface area (Å²) in [6, 6.07) is 3.98. The minimum Gasteiger partial charge on any atom is -0.481 e. The Kier molecular flexibility index (Phi) is 3.05. The normalized spacial score (nSPS) is 10.6. The Balaban J connectivity index is 2.25. The average molecular weight is 236 g/mol. The van der Waals surface area contributed by atoms with Gasteiger partial charge >= 0.3 is 5.97 Å². The van der Waals surface area contributed by atoms with E-state index in [1.165, 1.54) is 4.70 Å². The monoisotopic (exact) mass is 236 g/mol. The van der Waals surface area contributed by atoms with Crippen molar-refractivity contribution in [2.45, 2.75) is 6.42 Å². The lowest BCUT2D eigenvalue weighted by atomic mass is 10.3. The maximum atomic E-state index is 10.5. The molecule has 0 saturated heterocycles. The van der Waals surface area contributed by atoms with E-state index < -0.39 is 5.97 Å². The van der Waals surface area contributed by atoms with E-state index in [2.05, 4.69) is 4.98 Å². The standard InChI is InChI=1S/C11H12N2O2S/c1-13(6-3-10(14)15)11-8-4-7-16-9(8)2-5-12-11/h2,4-5,7H,3,6H2,1H3,(H,14,15). The van der Waals surface area contributed by atoms with Gasteiger partial charge in [-0.3, -0.25) is 4.79 Å². The Bertz CT molecular complexity index is 509. The van der Waals surface area contributed by atoms with Crippen molar-refractivity contribution in [3.8, 4) is 0 Å². The summed E-state index contributed by atoms with van der Waals surface area (Å²) in [5, 5.41) is 11.7. The third-order valence-corrected chi connectivity index (χ3v) is 3.26. The number of carbonyl (C=O) groups is 1. The molecule has 84 valence electrons. The number of hydrogen-bond donors (Lipinski definition) is 1. The Morgan fingerprint density at radius 1 is 1.56 bits per heavy atom. The molecule has 5 heteroatoms. The van der Waals surface area contributed by atoms with Gasteiger partial charge in [0.25, 0.3) is 0 Å². The molecule has 2 rings (SSSR count). The second kappa shape index (κ2) is 4.49. The highest BCUT2D eigenvalue weighted by Crippen LogP contribution is 2.27. The molecular weight excluding hydrogens is 224 g/mol. The van der Waals surface area contributed by atoms with Crippen LogP contribution in [0.2, 0.25) is 0 Å². The third-order valence-electron chi connectivity index (χ3n) is 2.38. The number of rotatable bonds is 4. The van der Waals surface area contributed by atoms with Gasteiger partial charge in [0.2, 0.25) is 0 Å². The van der Waals surface area contributed by atoms with E-state index in [4.69, 9.17) is 5.11 Å². The summed E-state index contributed by atoms with van der Waals surface area (Å²) in [4.78, 5) is 16.7. The van der Waals surface area contributed by atoms with Gasteiger partial charge in [0.15, 0.2) is 0 Å². The van der Waals surface area contributed by atoms with Crippen molar-refractivity contribution in [3.63, 3.8) is 0 Å². The second-order valence-corrected chi connectivity index (χ2v) is 4.48. The van der Waals surface area contributed by atoms with E-state index in [-0.39, 0.29) is 6.42 Å². The van der Waals surface area contributed by atoms with Gasteiger partial charge in [-0.1, -0.05) is 0 Å². The fourth-order valence-electron chi connectivity index (χ4n) is 1.55. The van der Waals surface area contributed by atoms with Crippen LogP contribution in [0.15, 0.2) is 23.7 Å². The number of pyridine rings is 1. The summed E-state index contributed by atoms with van der Waals surface area (Å²) < 4.78 is 1.17. The minimum absolute atomic E-state index is 0.124. The molecule has 0 aliphatic heterocycles. The van der Waals surface area contributed by atoms with Crippen molar-refractivity contribution in [1.82, 2.24) is 4.98 Å². The summed E-state index contributed by atoms with van der Waals surface area (Å²) in [6.07, 6.45) is 1.88. The van der Waals surface area contributed by atoms with Gasteiger partial charge in [-0.05, 0) is 17.5 Å². The zero-order valence-corrected chi connectivity index (χ0v) is 9.70. The topological polar surface area (TPSA) is 53.4 Å². The van der Waals surface area contributed by atoms with Crippen molar-refractivity contribution < 1.29 is 9.90 Å². The molecule has 1 N–H and O–H groups in total. The summed E-state index contributed by atoms with van der Waals surface area (Å²) in [7, 11) is 1.86. The third kappa shape index (κ3) is 2.14. The molecule has 0 fully saturated rings. The highest BCUT2D eigenvalue weighted by molar-refractivity contribution is 7.17. The van der Waals surface area contributed by atoms with Gasteiger partial charge in [-0.25, -0.2) is 4.98 Å². The van der Waals surface area contributed by atoms with Crippen LogP contribution in [0.5, 0.6) is 0 Å². The number of nitrogens with zero attached hydrogens (tertiary/aromatic N) is 2. The molecule has 0 atom stereocenters. The van der Waals surface area contributed by atoms with Crippen molar-refractivity contribution in [3.05, 3.63) is 23.7 Å². The van der Waals surface area contributed by atoms with Gasteiger partial charge < -0.3 is 10.0 Å². The molecule has 2 aromatic heterocycles. The van der Waals surface area contributed by atoms with E-state index in [9.17, 15) is 4.79 Å². The van der Waals surface area contributed by atoms with Gasteiger partial charge in [0.1, 0.15) is 5.82 Å². The summed E-state index contributed by atoms with van der Waals surface area (Å²) in [6.45, 7) is 0.470. The Morgan fingerprint density at radius 3 is 3.12 bits per heavy atom. The number of carboxylic acid groups (broad SMARTS) is 1. The molecule has 0 aliphatic rings. The van der Waals surface area contributed by atoms with Crippen LogP contribution in [-0.2, 0) is 4.79 Å². The lowest BCUT2D eigenvalue weighted by molar-refractivity contribution is -0.136. The number of aromatic nitrogens is 1. The molecule has 0 aromatic carbocycles. The lowest BCUT2D eigenvalue weighted by Gasteiger charge is -2.17. The lowest BCUT2D eigenvalue weighted by Crippen LogP contribution is -2.22. The van der Waals surface area contributed by atoms with Crippen LogP contribution in [0, 0.1) is 0 Å². The minimum atomic E-state index is -0.788. The molecule has 0 spiro atoms. The van der Waals surface area contributed by atoms with Gasteiger partial charge in [-0.2, -0.15) is 0 Å². The van der Waals surface area contributed by atoms with Crippen LogP contribution < -0.4 is 4.90 Å². The zero-order valence-electron chi connectivity index (χ0n) is 8.88. The summed E-state index contributed by atoms with van der Waals surface area (Å²) >= 11 is 1.66. The van der Waals surface area contributed by atoms with Crippen molar-refractivity contribution >= 4 is 33.2 Å². The van der Waals surface area contributed by atoms with Gasteiger partial charge in [-0.15, -0.1) is 11.3 Å². The van der Waals surface area contributed by atoms with Crippen LogP contribution >= 0.6 is 11.3 Å². The van der Waals surface area contributed by atoms with Crippen LogP contribution in [0.4, 0.5) is 5.82 Å². The zero-order chi connectivity index (χ0) is 11.5. The SMILES string of the molecule is CN(CCC(=O)O)c1nccc2sccc12. The first kappa shape index (κ1) is 10.9. The number of fused-ring (bicyclic) bond motifs is 1. The first-order valence-corrected chi connectivity index (χ1v) is 5.81. The Labute approximate surface area is 97.1 Å². The molecular formula is C11H12N2O2S. The summed E-state index contributed by atoms with van der Waals surface area (Å²) in [5.41, 5.74) is 0. The molecule has 2 heterocycles. The van der Waals surface area contributed by atoms with Crippen LogP contribution in [0.3, 0.4) is 0 Å². The highest BCUT2D eigenvalue weighted by atomic mass is 32.1. The number of hydrogen-bond acceptors (Lipinski definition) is 4. The number of aliphatic carboxylic acids is 1. The van der Waals surface area contributed by atoms with Crippen LogP contribution in [0.25, 0.3) is 10.1 Å². The first-order valence-electron chi connectivity index (χ1n) is 4.93. The van der Waals surface area contributed by atoms with Crippen LogP contribution in [0.1, 0.15) is 6.42 Å². The van der Waals surface area contributed by atoms with Gasteiger partial charge in [0, 0.05) is 29.9 Å². The van der Waals surface area contributed by atoms with E-state index in [0.717, 1.165) is 11.2 Å². The highest BCUT2D eigenvalue weighted by Gasteiger charge is 2.09. The number of carboxylic acids is 1. The Hall–Kier alpha value is -1.62. The molecule has 0 unspecified atom stereocenters. The van der Waals surface area contributed by atoms with Crippen molar-refractivity contribution in [1.29, 1.82) is 0 Å². The van der Waals surface area contributed by atoms with Gasteiger partial charge in [0.05, 0.1) is 6.42 Å². The maximum absolute atomic E-state index is 10.5. The second-order valence-electron chi connectivity index (χ2n) is 3.53. The van der Waals surface area contributed by atoms with Crippen LogP contribution in [-0.4, -0.2) is 29.7 Å². The largest absolute Gasteiger partial charge is 0.481 e. The fourth-order valence-corrected chi connectivity index (χ4v) is 2.33. The quantitative estimate of drug-likeness (QED) is 0.884. The van der Waals surface area contributed by atoms with E-state index in [0.29, 0.717) is 6.54 Å². The fraction of sp³-hybridized carbons (Fsp3) is 0.273. The molecule has 0 bridgehead atoms. The van der Waals surface area contributed by atoms with Crippen molar-refractivity contribution in [2.24, 2.45) is 0 Å². The van der Waals surface area contributed by atoms with E-state index >= 15 is 0 Å². The molecule has 16 heavy (non-hydrogen) atoms. The van der Waals surface area contributed by atoms with E-state index in [1.807, 2.05) is 29.5 Å².